The van der Waals surface area contributed by atoms with Gasteiger partial charge in [-0.2, -0.15) is 4.79 Å². The van der Waals surface area contributed by atoms with E-state index in [4.69, 9.17) is 10.1 Å². The SMILES string of the molecule is CNn1nc(C2CCCCC2)nc1C1CCCCC1. The topological polar surface area (TPSA) is 42.7 Å². The molecule has 2 saturated carbocycles. The Kier molecular flexibility index (Phi) is 4.04. The van der Waals surface area contributed by atoms with Gasteiger partial charge in [-0.3, -0.25) is 0 Å². The van der Waals surface area contributed by atoms with Crippen molar-refractivity contribution in [3.63, 3.8) is 0 Å². The predicted octanol–water partition coefficient (Wildman–Crippen LogP) is 3.55. The number of hydrogen-bond donors (Lipinski definition) is 1. The van der Waals surface area contributed by atoms with Crippen LogP contribution in [0.1, 0.15) is 87.7 Å². The van der Waals surface area contributed by atoms with Crippen LogP contribution in [0.25, 0.3) is 0 Å². The van der Waals surface area contributed by atoms with Crippen molar-refractivity contribution >= 4 is 0 Å². The molecule has 2 fully saturated rings. The molecule has 0 unspecified atom stereocenters. The Bertz CT molecular complexity index is 400. The lowest BCUT2D eigenvalue weighted by Gasteiger charge is -2.20. The molecule has 0 saturated heterocycles. The number of rotatable bonds is 3. The third-order valence-corrected chi connectivity index (χ3v) is 4.80. The standard InChI is InChI=1S/C15H26N4/c1-16-19-15(13-10-6-3-7-11-13)17-14(18-19)12-8-4-2-5-9-12/h12-13,16H,2-11H2,1H3. The molecule has 4 heteroatoms. The van der Waals surface area contributed by atoms with Gasteiger partial charge in [-0.25, -0.2) is 4.98 Å². The second kappa shape index (κ2) is 5.93. The lowest BCUT2D eigenvalue weighted by atomic mass is 9.88. The normalized spacial score (nSPS) is 22.6. The van der Waals surface area contributed by atoms with Gasteiger partial charge in [-0.15, -0.1) is 5.10 Å². The summed E-state index contributed by atoms with van der Waals surface area (Å²) >= 11 is 0. The number of hydrogen-bond acceptors (Lipinski definition) is 3. The summed E-state index contributed by atoms with van der Waals surface area (Å²) in [7, 11) is 1.95. The molecule has 106 valence electrons. The predicted molar refractivity (Wildman–Crippen MR) is 77.0 cm³/mol. The Labute approximate surface area is 116 Å². The maximum absolute atomic E-state index is 4.92. The molecular weight excluding hydrogens is 236 g/mol. The van der Waals surface area contributed by atoms with Crippen molar-refractivity contribution < 1.29 is 0 Å². The monoisotopic (exact) mass is 262 g/mol. The molecule has 2 aliphatic rings. The minimum atomic E-state index is 0.602. The molecule has 0 aliphatic heterocycles. The van der Waals surface area contributed by atoms with Gasteiger partial charge >= 0.3 is 0 Å². The van der Waals surface area contributed by atoms with E-state index < -0.39 is 0 Å². The summed E-state index contributed by atoms with van der Waals surface area (Å²) in [4.78, 5) is 6.86. The van der Waals surface area contributed by atoms with E-state index in [9.17, 15) is 0 Å². The van der Waals surface area contributed by atoms with E-state index in [-0.39, 0.29) is 0 Å². The molecule has 0 bridgehead atoms. The van der Waals surface area contributed by atoms with Gasteiger partial charge in [-0.05, 0) is 25.7 Å². The van der Waals surface area contributed by atoms with Crippen molar-refractivity contribution in [1.29, 1.82) is 0 Å². The summed E-state index contributed by atoms with van der Waals surface area (Å²) in [6, 6.07) is 0. The summed E-state index contributed by atoms with van der Waals surface area (Å²) in [5.74, 6) is 3.49. The van der Waals surface area contributed by atoms with Gasteiger partial charge in [0.25, 0.3) is 0 Å². The zero-order valence-corrected chi connectivity index (χ0v) is 12.1. The van der Waals surface area contributed by atoms with Crippen LogP contribution in [0.2, 0.25) is 0 Å². The van der Waals surface area contributed by atoms with Crippen LogP contribution in [0.4, 0.5) is 0 Å². The van der Waals surface area contributed by atoms with Crippen molar-refractivity contribution in [2.45, 2.75) is 76.0 Å². The van der Waals surface area contributed by atoms with E-state index in [1.54, 1.807) is 0 Å². The van der Waals surface area contributed by atoms with E-state index >= 15 is 0 Å². The average molecular weight is 262 g/mol. The smallest absolute Gasteiger partial charge is 0.156 e. The van der Waals surface area contributed by atoms with Gasteiger partial charge in [0, 0.05) is 18.9 Å². The summed E-state index contributed by atoms with van der Waals surface area (Å²) < 4.78 is 0. The Balaban J connectivity index is 1.80. The third-order valence-electron chi connectivity index (χ3n) is 4.80. The van der Waals surface area contributed by atoms with Crippen LogP contribution < -0.4 is 5.43 Å². The third kappa shape index (κ3) is 2.77. The molecule has 0 radical (unpaired) electrons. The minimum Gasteiger partial charge on any atom is -0.311 e. The molecule has 1 heterocycles. The molecule has 19 heavy (non-hydrogen) atoms. The molecule has 0 amide bonds. The first-order valence-corrected chi connectivity index (χ1v) is 8.03. The van der Waals surface area contributed by atoms with Gasteiger partial charge in [-0.1, -0.05) is 38.5 Å². The maximum atomic E-state index is 4.92. The number of aromatic nitrogens is 3. The lowest BCUT2D eigenvalue weighted by molar-refractivity contribution is 0.418. The largest absolute Gasteiger partial charge is 0.311 e. The van der Waals surface area contributed by atoms with Gasteiger partial charge in [0.1, 0.15) is 0 Å². The average Bonchev–Trinajstić information content (AvgIpc) is 2.93. The molecule has 1 aromatic rings. The van der Waals surface area contributed by atoms with E-state index in [1.807, 2.05) is 11.8 Å². The fourth-order valence-corrected chi connectivity index (χ4v) is 3.66. The highest BCUT2D eigenvalue weighted by Crippen LogP contribution is 2.34. The Morgan fingerprint density at radius 2 is 1.47 bits per heavy atom. The highest BCUT2D eigenvalue weighted by molar-refractivity contribution is 5.06. The van der Waals surface area contributed by atoms with Gasteiger partial charge in [0.2, 0.25) is 0 Å². The molecule has 4 nitrogen and oxygen atoms in total. The van der Waals surface area contributed by atoms with Crippen LogP contribution in [-0.4, -0.2) is 21.9 Å². The Morgan fingerprint density at radius 3 is 2.05 bits per heavy atom. The summed E-state index contributed by atoms with van der Waals surface area (Å²) in [5, 5.41) is 4.72. The molecule has 1 aromatic heterocycles. The number of nitrogens with zero attached hydrogens (tertiary/aromatic N) is 3. The summed E-state index contributed by atoms with van der Waals surface area (Å²) in [6.07, 6.45) is 13.3. The van der Waals surface area contributed by atoms with Crippen molar-refractivity contribution in [3.8, 4) is 0 Å². The molecule has 0 aromatic carbocycles. The zero-order chi connectivity index (χ0) is 13.1. The van der Waals surface area contributed by atoms with Crippen LogP contribution in [-0.2, 0) is 0 Å². The fraction of sp³-hybridized carbons (Fsp3) is 0.867. The second-order valence-electron chi connectivity index (χ2n) is 6.13. The molecule has 1 N–H and O–H groups in total. The first-order chi connectivity index (χ1) is 9.38. The number of nitrogens with one attached hydrogen (secondary N) is 1. The van der Waals surface area contributed by atoms with Crippen LogP contribution in [0.3, 0.4) is 0 Å². The van der Waals surface area contributed by atoms with E-state index in [0.29, 0.717) is 11.8 Å². The molecular formula is C15H26N4. The molecule has 0 spiro atoms. The molecule has 3 rings (SSSR count). The van der Waals surface area contributed by atoms with Gasteiger partial charge < -0.3 is 5.43 Å². The van der Waals surface area contributed by atoms with Crippen LogP contribution in [0.5, 0.6) is 0 Å². The van der Waals surface area contributed by atoms with E-state index in [2.05, 4.69) is 5.43 Å². The fourth-order valence-electron chi connectivity index (χ4n) is 3.66. The Morgan fingerprint density at radius 1 is 0.895 bits per heavy atom. The van der Waals surface area contributed by atoms with Crippen molar-refractivity contribution in [2.24, 2.45) is 0 Å². The molecule has 0 atom stereocenters. The van der Waals surface area contributed by atoms with Crippen LogP contribution in [0.15, 0.2) is 0 Å². The Hall–Kier alpha value is -1.06. The van der Waals surface area contributed by atoms with Crippen molar-refractivity contribution in [3.05, 3.63) is 11.6 Å². The molecule has 2 aliphatic carbocycles. The summed E-state index contributed by atoms with van der Waals surface area (Å²) in [5.41, 5.74) is 3.20. The quantitative estimate of drug-likeness (QED) is 0.906. The first kappa shape index (κ1) is 12.9. The highest BCUT2D eigenvalue weighted by Gasteiger charge is 2.26. The lowest BCUT2D eigenvalue weighted by Crippen LogP contribution is -2.19. The highest BCUT2D eigenvalue weighted by atomic mass is 15.6. The van der Waals surface area contributed by atoms with Crippen LogP contribution in [0, 0.1) is 0 Å². The minimum absolute atomic E-state index is 0.602. The zero-order valence-electron chi connectivity index (χ0n) is 12.1. The van der Waals surface area contributed by atoms with Crippen molar-refractivity contribution in [1.82, 2.24) is 14.9 Å². The second-order valence-corrected chi connectivity index (χ2v) is 6.13. The van der Waals surface area contributed by atoms with E-state index in [1.165, 1.54) is 70.0 Å². The van der Waals surface area contributed by atoms with E-state index in [0.717, 1.165) is 5.82 Å². The van der Waals surface area contributed by atoms with Crippen LogP contribution >= 0.6 is 0 Å². The first-order valence-electron chi connectivity index (χ1n) is 8.03. The maximum Gasteiger partial charge on any atom is 0.156 e. The van der Waals surface area contributed by atoms with Gasteiger partial charge in [0.15, 0.2) is 11.6 Å². The summed E-state index contributed by atoms with van der Waals surface area (Å²) in [6.45, 7) is 0. The van der Waals surface area contributed by atoms with Crippen molar-refractivity contribution in [2.75, 3.05) is 12.5 Å². The van der Waals surface area contributed by atoms with Gasteiger partial charge in [0.05, 0.1) is 0 Å².